The molecule has 2 aliphatic rings. The van der Waals surface area contributed by atoms with Gasteiger partial charge in [-0.1, -0.05) is 91.0 Å². The van der Waals surface area contributed by atoms with Gasteiger partial charge in [0.15, 0.2) is 0 Å². The first-order chi connectivity index (χ1) is 21.9. The molecule has 2 fully saturated rings. The number of nitrogens with zero attached hydrogens (tertiary/aromatic N) is 1. The van der Waals surface area contributed by atoms with Crippen LogP contribution in [0.2, 0.25) is 0 Å². The molecule has 3 N–H and O–H groups in total. The molecule has 5 aromatic rings. The van der Waals surface area contributed by atoms with Crippen LogP contribution in [0.1, 0.15) is 40.7 Å². The van der Waals surface area contributed by atoms with Gasteiger partial charge < -0.3 is 20.5 Å². The van der Waals surface area contributed by atoms with E-state index >= 15 is 0 Å². The number of carbonyl (C=O) groups is 3. The van der Waals surface area contributed by atoms with Crippen LogP contribution in [-0.2, 0) is 22.6 Å². The Labute approximate surface area is 263 Å². The van der Waals surface area contributed by atoms with E-state index in [1.165, 1.54) is 0 Å². The van der Waals surface area contributed by atoms with Crippen molar-refractivity contribution in [2.75, 3.05) is 7.05 Å². The molecule has 0 saturated heterocycles. The van der Waals surface area contributed by atoms with Crippen LogP contribution in [0.4, 0.5) is 0 Å². The van der Waals surface area contributed by atoms with Gasteiger partial charge in [-0.15, -0.1) is 0 Å². The molecule has 1 aromatic heterocycles. The number of fused-ring (bicyclic) bond motifs is 4. The third-order valence-corrected chi connectivity index (χ3v) is 9.86. The SMILES string of the molecule is CN(Cc1ccccc1)C(=O)[C@H](Cc1ccc2ccccc2c1)NC(=O)[C@@H]1[C@@H]2CC[C@@H](C2)[C@@H]1NC(=O)c1c[nH]c2ccccc12. The molecular formula is C38H38N4O3. The number of aromatic amines is 1. The lowest BCUT2D eigenvalue weighted by molar-refractivity contribution is -0.137. The van der Waals surface area contributed by atoms with Crippen molar-refractivity contribution < 1.29 is 14.4 Å². The van der Waals surface area contributed by atoms with Crippen molar-refractivity contribution >= 4 is 39.4 Å². The lowest BCUT2D eigenvalue weighted by atomic mass is 9.83. The Hall–Kier alpha value is -4.91. The zero-order valence-corrected chi connectivity index (χ0v) is 25.4. The van der Waals surface area contributed by atoms with Crippen LogP contribution in [0.5, 0.6) is 0 Å². The van der Waals surface area contributed by atoms with Crippen molar-refractivity contribution in [1.29, 1.82) is 0 Å². The Kier molecular flexibility index (Phi) is 7.84. The maximum atomic E-state index is 14.2. The highest BCUT2D eigenvalue weighted by Crippen LogP contribution is 2.48. The lowest BCUT2D eigenvalue weighted by Gasteiger charge is -2.33. The van der Waals surface area contributed by atoms with E-state index in [1.54, 1.807) is 18.1 Å². The molecule has 45 heavy (non-hydrogen) atoms. The maximum Gasteiger partial charge on any atom is 0.253 e. The van der Waals surface area contributed by atoms with Crippen molar-refractivity contribution in [3.63, 3.8) is 0 Å². The minimum atomic E-state index is -0.739. The first-order valence-corrected chi connectivity index (χ1v) is 15.9. The molecule has 0 radical (unpaired) electrons. The highest BCUT2D eigenvalue weighted by Gasteiger charge is 2.52. The number of para-hydroxylation sites is 1. The Morgan fingerprint density at radius 2 is 1.58 bits per heavy atom. The summed E-state index contributed by atoms with van der Waals surface area (Å²) in [6.45, 7) is 0.446. The maximum absolute atomic E-state index is 14.2. The number of hydrogen-bond donors (Lipinski definition) is 3. The number of carbonyl (C=O) groups excluding carboxylic acids is 3. The molecule has 1 heterocycles. The summed E-state index contributed by atoms with van der Waals surface area (Å²) in [4.78, 5) is 46.6. The fraction of sp³-hybridized carbons (Fsp3) is 0.289. The monoisotopic (exact) mass is 598 g/mol. The molecular weight excluding hydrogens is 560 g/mol. The minimum absolute atomic E-state index is 0.136. The fourth-order valence-electron chi connectivity index (χ4n) is 7.64. The first-order valence-electron chi connectivity index (χ1n) is 15.9. The predicted molar refractivity (Wildman–Crippen MR) is 176 cm³/mol. The van der Waals surface area contributed by atoms with Gasteiger partial charge in [-0.25, -0.2) is 0 Å². The Bertz CT molecular complexity index is 1870. The molecule has 7 nitrogen and oxygen atoms in total. The van der Waals surface area contributed by atoms with Gasteiger partial charge >= 0.3 is 0 Å². The second kappa shape index (κ2) is 12.2. The molecule has 7 heteroatoms. The average Bonchev–Trinajstić information content (AvgIpc) is 3.80. The number of likely N-dealkylation sites (N-methyl/N-ethyl adjacent to an activating group) is 1. The van der Waals surface area contributed by atoms with E-state index < -0.39 is 6.04 Å². The van der Waals surface area contributed by atoms with Gasteiger partial charge in [-0.2, -0.15) is 0 Å². The molecule has 0 aliphatic heterocycles. The Morgan fingerprint density at radius 3 is 2.42 bits per heavy atom. The second-order valence-corrected chi connectivity index (χ2v) is 12.7. The van der Waals surface area contributed by atoms with E-state index in [9.17, 15) is 14.4 Å². The van der Waals surface area contributed by atoms with Crippen LogP contribution >= 0.6 is 0 Å². The summed E-state index contributed by atoms with van der Waals surface area (Å²) in [5, 5.41) is 9.52. The zero-order valence-electron chi connectivity index (χ0n) is 25.4. The average molecular weight is 599 g/mol. The summed E-state index contributed by atoms with van der Waals surface area (Å²) in [5.74, 6) is -0.419. The molecule has 2 bridgehead atoms. The van der Waals surface area contributed by atoms with E-state index in [2.05, 4.69) is 39.9 Å². The van der Waals surface area contributed by atoms with Crippen LogP contribution in [-0.4, -0.2) is 46.7 Å². The van der Waals surface area contributed by atoms with Gasteiger partial charge in [0.1, 0.15) is 6.04 Å². The van der Waals surface area contributed by atoms with Crippen LogP contribution in [0.3, 0.4) is 0 Å². The number of benzene rings is 4. The Balaban J connectivity index is 1.13. The quantitative estimate of drug-likeness (QED) is 0.199. The van der Waals surface area contributed by atoms with Crippen molar-refractivity contribution in [2.24, 2.45) is 17.8 Å². The van der Waals surface area contributed by atoms with Crippen LogP contribution in [0.25, 0.3) is 21.7 Å². The van der Waals surface area contributed by atoms with Gasteiger partial charge in [0.05, 0.1) is 11.5 Å². The van der Waals surface area contributed by atoms with Gasteiger partial charge in [0.25, 0.3) is 5.91 Å². The molecule has 2 saturated carbocycles. The second-order valence-electron chi connectivity index (χ2n) is 12.7. The number of aromatic nitrogens is 1. The molecule has 3 amide bonds. The highest BCUT2D eigenvalue weighted by molar-refractivity contribution is 6.07. The van der Waals surface area contributed by atoms with Gasteiger partial charge in [-0.3, -0.25) is 14.4 Å². The van der Waals surface area contributed by atoms with Crippen LogP contribution < -0.4 is 10.6 Å². The molecule has 228 valence electrons. The number of nitrogens with one attached hydrogen (secondary N) is 3. The zero-order chi connectivity index (χ0) is 30.9. The number of hydrogen-bond acceptors (Lipinski definition) is 3. The molecule has 0 spiro atoms. The largest absolute Gasteiger partial charge is 0.360 e. The van der Waals surface area contributed by atoms with E-state index in [1.807, 2.05) is 72.8 Å². The third-order valence-electron chi connectivity index (χ3n) is 9.86. The molecule has 4 aromatic carbocycles. The van der Waals surface area contributed by atoms with E-state index in [0.717, 1.165) is 52.1 Å². The standard InChI is InChI=1S/C38H38N4O3/c1-42(23-24-9-3-2-4-10-24)38(45)33(20-25-15-16-26-11-5-6-12-27(26)19-25)40-37(44)34-28-17-18-29(21-28)35(34)41-36(43)31-22-39-32-14-8-7-13-30(31)32/h2-16,19,22,28-29,33-35,39H,17-18,20-21,23H2,1H3,(H,40,44)(H,41,43)/t28-,29+,33+,34-,35+/m1/s1. The summed E-state index contributed by atoms with van der Waals surface area (Å²) in [6, 6.07) is 30.9. The topological polar surface area (TPSA) is 94.3 Å². The molecule has 7 rings (SSSR count). The van der Waals surface area contributed by atoms with Crippen molar-refractivity contribution in [3.05, 3.63) is 120 Å². The number of amides is 3. The molecule has 0 unspecified atom stereocenters. The van der Waals surface area contributed by atoms with E-state index in [0.29, 0.717) is 18.5 Å². The van der Waals surface area contributed by atoms with Crippen molar-refractivity contribution in [2.45, 2.75) is 44.3 Å². The summed E-state index contributed by atoms with van der Waals surface area (Å²) < 4.78 is 0. The Morgan fingerprint density at radius 1 is 0.844 bits per heavy atom. The van der Waals surface area contributed by atoms with Gasteiger partial charge in [-0.05, 0) is 59.1 Å². The fourth-order valence-corrected chi connectivity index (χ4v) is 7.64. The first kappa shape index (κ1) is 28.8. The highest BCUT2D eigenvalue weighted by atomic mass is 16.2. The van der Waals surface area contributed by atoms with E-state index in [4.69, 9.17) is 0 Å². The van der Waals surface area contributed by atoms with E-state index in [-0.39, 0.29) is 41.5 Å². The summed E-state index contributed by atoms with van der Waals surface area (Å²) in [7, 11) is 1.79. The van der Waals surface area contributed by atoms with Crippen molar-refractivity contribution in [1.82, 2.24) is 20.5 Å². The van der Waals surface area contributed by atoms with Gasteiger partial charge in [0.2, 0.25) is 11.8 Å². The van der Waals surface area contributed by atoms with Crippen molar-refractivity contribution in [3.8, 4) is 0 Å². The smallest absolute Gasteiger partial charge is 0.253 e. The molecule has 2 aliphatic carbocycles. The number of H-pyrrole nitrogens is 1. The summed E-state index contributed by atoms with van der Waals surface area (Å²) in [6.07, 6.45) is 4.98. The summed E-state index contributed by atoms with van der Waals surface area (Å²) >= 11 is 0. The molecule has 5 atom stereocenters. The lowest BCUT2D eigenvalue weighted by Crippen LogP contribution is -2.55. The third kappa shape index (κ3) is 5.82. The van der Waals surface area contributed by atoms with Crippen LogP contribution in [0, 0.1) is 17.8 Å². The summed E-state index contributed by atoms with van der Waals surface area (Å²) in [5.41, 5.74) is 3.49. The predicted octanol–water partition coefficient (Wildman–Crippen LogP) is 5.85. The minimum Gasteiger partial charge on any atom is -0.360 e. The van der Waals surface area contributed by atoms with Crippen LogP contribution in [0.15, 0.2) is 103 Å². The number of rotatable bonds is 9. The van der Waals surface area contributed by atoms with Gasteiger partial charge in [0, 0.05) is 43.2 Å². The normalized spacial score (nSPS) is 21.1.